The van der Waals surface area contributed by atoms with Crippen LogP contribution in [0.15, 0.2) is 11.6 Å². The van der Waals surface area contributed by atoms with Crippen LogP contribution in [0.5, 0.6) is 0 Å². The average molecular weight is 180 g/mol. The molecule has 0 radical (unpaired) electrons. The van der Waals surface area contributed by atoms with Crippen LogP contribution in [-0.2, 0) is 9.53 Å². The maximum atomic E-state index is 11.1. The molecule has 1 fully saturated rings. The van der Waals surface area contributed by atoms with Crippen molar-refractivity contribution in [3.8, 4) is 0 Å². The van der Waals surface area contributed by atoms with Gasteiger partial charge in [0.05, 0.1) is 6.42 Å². The zero-order valence-electron chi connectivity index (χ0n) is 8.08. The average Bonchev–Trinajstić information content (AvgIpc) is 2.47. The lowest BCUT2D eigenvalue weighted by Crippen LogP contribution is -2.18. The Labute approximate surface area is 79.0 Å². The highest BCUT2D eigenvalue weighted by Crippen LogP contribution is 2.32. The van der Waals surface area contributed by atoms with Gasteiger partial charge in [-0.2, -0.15) is 0 Å². The van der Waals surface area contributed by atoms with Crippen LogP contribution in [0.4, 0.5) is 0 Å². The van der Waals surface area contributed by atoms with Crippen LogP contribution < -0.4 is 0 Å². The highest BCUT2D eigenvalue weighted by molar-refractivity contribution is 5.72. The van der Waals surface area contributed by atoms with Crippen molar-refractivity contribution in [2.45, 2.75) is 45.1 Å². The molecule has 0 saturated carbocycles. The molecule has 13 heavy (non-hydrogen) atoms. The van der Waals surface area contributed by atoms with Crippen molar-refractivity contribution in [3.63, 3.8) is 0 Å². The molecule has 0 aromatic carbocycles. The van der Waals surface area contributed by atoms with Gasteiger partial charge in [0.15, 0.2) is 0 Å². The Bertz CT molecular complexity index is 242. The predicted molar refractivity (Wildman–Crippen MR) is 50.2 cm³/mol. The number of ether oxygens (including phenoxy) is 1. The summed E-state index contributed by atoms with van der Waals surface area (Å²) in [4.78, 5) is 11.1. The number of allylic oxidation sites excluding steroid dienone is 1. The van der Waals surface area contributed by atoms with Gasteiger partial charge in [0.25, 0.3) is 0 Å². The first-order chi connectivity index (χ1) is 6.27. The van der Waals surface area contributed by atoms with Crippen LogP contribution >= 0.6 is 0 Å². The fourth-order valence-corrected chi connectivity index (χ4v) is 2.24. The first-order valence-corrected chi connectivity index (χ1v) is 5.16. The van der Waals surface area contributed by atoms with E-state index in [1.54, 1.807) is 0 Å². The number of hydrogen-bond acceptors (Lipinski definition) is 2. The third kappa shape index (κ3) is 1.77. The SMILES string of the molecule is C[C@@H]1CC(=O)O[C@@H]1C1=CCCCC1. The number of carbonyl (C=O) groups excluding carboxylic acids is 1. The van der Waals surface area contributed by atoms with E-state index in [4.69, 9.17) is 4.74 Å². The molecule has 2 atom stereocenters. The molecular weight excluding hydrogens is 164 g/mol. The minimum Gasteiger partial charge on any atom is -0.458 e. The van der Waals surface area contributed by atoms with Gasteiger partial charge in [0.2, 0.25) is 0 Å². The van der Waals surface area contributed by atoms with Crippen molar-refractivity contribution in [3.05, 3.63) is 11.6 Å². The van der Waals surface area contributed by atoms with Crippen molar-refractivity contribution in [1.82, 2.24) is 0 Å². The highest BCUT2D eigenvalue weighted by Gasteiger charge is 2.33. The molecule has 2 heteroatoms. The monoisotopic (exact) mass is 180 g/mol. The third-order valence-electron chi connectivity index (χ3n) is 2.96. The van der Waals surface area contributed by atoms with Gasteiger partial charge in [0, 0.05) is 5.92 Å². The molecule has 1 aliphatic heterocycles. The molecule has 2 rings (SSSR count). The first-order valence-electron chi connectivity index (χ1n) is 5.16. The standard InChI is InChI=1S/C11H16O2/c1-8-7-10(12)13-11(8)9-5-3-2-4-6-9/h5,8,11H,2-4,6-7H2,1H3/t8-,11+/m1/s1. The van der Waals surface area contributed by atoms with Crippen LogP contribution in [-0.4, -0.2) is 12.1 Å². The maximum absolute atomic E-state index is 11.1. The fourth-order valence-electron chi connectivity index (χ4n) is 2.24. The second-order valence-electron chi connectivity index (χ2n) is 4.12. The van der Waals surface area contributed by atoms with E-state index in [2.05, 4.69) is 13.0 Å². The number of carbonyl (C=O) groups is 1. The van der Waals surface area contributed by atoms with E-state index in [1.807, 2.05) is 0 Å². The van der Waals surface area contributed by atoms with E-state index in [0.29, 0.717) is 12.3 Å². The largest absolute Gasteiger partial charge is 0.458 e. The van der Waals surface area contributed by atoms with Gasteiger partial charge in [-0.3, -0.25) is 4.79 Å². The molecule has 2 nitrogen and oxygen atoms in total. The van der Waals surface area contributed by atoms with E-state index < -0.39 is 0 Å². The smallest absolute Gasteiger partial charge is 0.306 e. The Morgan fingerprint density at radius 1 is 1.46 bits per heavy atom. The number of rotatable bonds is 1. The minimum atomic E-state index is -0.0241. The van der Waals surface area contributed by atoms with Crippen molar-refractivity contribution in [1.29, 1.82) is 0 Å². The molecular formula is C11H16O2. The number of esters is 1. The quantitative estimate of drug-likeness (QED) is 0.457. The molecule has 2 aliphatic rings. The summed E-state index contributed by atoms with van der Waals surface area (Å²) in [5.41, 5.74) is 1.37. The Hall–Kier alpha value is -0.790. The zero-order valence-corrected chi connectivity index (χ0v) is 8.08. The Morgan fingerprint density at radius 2 is 2.31 bits per heavy atom. The van der Waals surface area contributed by atoms with Crippen molar-refractivity contribution in [2.75, 3.05) is 0 Å². The summed E-state index contributed by atoms with van der Waals surface area (Å²) in [6.45, 7) is 2.10. The summed E-state index contributed by atoms with van der Waals surface area (Å²) in [6.07, 6.45) is 7.81. The van der Waals surface area contributed by atoms with Gasteiger partial charge in [-0.1, -0.05) is 13.0 Å². The van der Waals surface area contributed by atoms with Crippen molar-refractivity contribution < 1.29 is 9.53 Å². The Balaban J connectivity index is 2.07. The van der Waals surface area contributed by atoms with Crippen LogP contribution in [0.1, 0.15) is 39.0 Å². The third-order valence-corrected chi connectivity index (χ3v) is 2.96. The summed E-state index contributed by atoms with van der Waals surface area (Å²) >= 11 is 0. The van der Waals surface area contributed by atoms with Crippen molar-refractivity contribution in [2.24, 2.45) is 5.92 Å². The van der Waals surface area contributed by atoms with Gasteiger partial charge in [0.1, 0.15) is 6.10 Å². The van der Waals surface area contributed by atoms with E-state index >= 15 is 0 Å². The topological polar surface area (TPSA) is 26.3 Å². The molecule has 0 spiro atoms. The van der Waals surface area contributed by atoms with Crippen LogP contribution in [0.3, 0.4) is 0 Å². The van der Waals surface area contributed by atoms with E-state index in [-0.39, 0.29) is 12.1 Å². The Kier molecular flexibility index (Phi) is 2.38. The first kappa shape index (κ1) is 8.79. The lowest BCUT2D eigenvalue weighted by molar-refractivity contribution is -0.140. The van der Waals surface area contributed by atoms with E-state index in [0.717, 1.165) is 12.8 Å². The van der Waals surface area contributed by atoms with Crippen LogP contribution in [0, 0.1) is 5.92 Å². The minimum absolute atomic E-state index is 0.0241. The van der Waals surface area contributed by atoms with Crippen molar-refractivity contribution >= 4 is 5.97 Å². The molecule has 1 aliphatic carbocycles. The molecule has 0 unspecified atom stereocenters. The van der Waals surface area contributed by atoms with Crippen LogP contribution in [0.2, 0.25) is 0 Å². The van der Waals surface area contributed by atoms with Gasteiger partial charge in [-0.05, 0) is 31.3 Å². The lowest BCUT2D eigenvalue weighted by atomic mass is 9.89. The molecule has 0 N–H and O–H groups in total. The summed E-state index contributed by atoms with van der Waals surface area (Å²) in [7, 11) is 0. The van der Waals surface area contributed by atoms with Gasteiger partial charge >= 0.3 is 5.97 Å². The molecule has 0 aromatic heterocycles. The summed E-state index contributed by atoms with van der Waals surface area (Å²) in [6, 6.07) is 0. The number of hydrogen-bond donors (Lipinski definition) is 0. The van der Waals surface area contributed by atoms with Crippen LogP contribution in [0.25, 0.3) is 0 Å². The van der Waals surface area contributed by atoms with Gasteiger partial charge in [-0.25, -0.2) is 0 Å². The molecule has 1 heterocycles. The summed E-state index contributed by atoms with van der Waals surface area (Å²) in [5.74, 6) is 0.362. The molecule has 1 saturated heterocycles. The number of cyclic esters (lactones) is 1. The summed E-state index contributed by atoms with van der Waals surface area (Å²) in [5, 5.41) is 0. The molecule has 0 amide bonds. The highest BCUT2D eigenvalue weighted by atomic mass is 16.5. The molecule has 0 aromatic rings. The predicted octanol–water partition coefficient (Wildman–Crippen LogP) is 2.44. The normalized spacial score (nSPS) is 34.2. The van der Waals surface area contributed by atoms with Gasteiger partial charge in [-0.15, -0.1) is 0 Å². The molecule has 0 bridgehead atoms. The fraction of sp³-hybridized carbons (Fsp3) is 0.727. The Morgan fingerprint density at radius 3 is 2.85 bits per heavy atom. The van der Waals surface area contributed by atoms with E-state index in [1.165, 1.54) is 18.4 Å². The summed E-state index contributed by atoms with van der Waals surface area (Å²) < 4.78 is 5.31. The zero-order chi connectivity index (χ0) is 9.26. The molecule has 72 valence electrons. The van der Waals surface area contributed by atoms with E-state index in [9.17, 15) is 4.79 Å². The second kappa shape index (κ2) is 3.52. The maximum Gasteiger partial charge on any atom is 0.306 e. The van der Waals surface area contributed by atoms with Gasteiger partial charge < -0.3 is 4.74 Å². The lowest BCUT2D eigenvalue weighted by Gasteiger charge is -2.20. The second-order valence-corrected chi connectivity index (χ2v) is 4.12.